The number of fused-ring (bicyclic) bond motifs is 3. The van der Waals surface area contributed by atoms with E-state index in [1.165, 1.54) is 7.11 Å². The van der Waals surface area contributed by atoms with Crippen LogP contribution in [0.2, 0.25) is 0 Å². The number of aromatic nitrogens is 1. The highest BCUT2D eigenvalue weighted by molar-refractivity contribution is 6.03. The van der Waals surface area contributed by atoms with Crippen LogP contribution in [0.5, 0.6) is 0 Å². The lowest BCUT2D eigenvalue weighted by atomic mass is 9.61. The molecule has 6 atom stereocenters. The summed E-state index contributed by atoms with van der Waals surface area (Å²) in [6.45, 7) is 1.50. The number of H-pyrrole nitrogens is 1. The van der Waals surface area contributed by atoms with E-state index in [1.54, 1.807) is 14.0 Å². The number of hydrogen-bond donors (Lipinski definition) is 3. The Kier molecular flexibility index (Phi) is 4.18. The topological polar surface area (TPSA) is 112 Å². The minimum atomic E-state index is -1.34. The number of rotatable bonds is 2. The molecule has 0 spiro atoms. The van der Waals surface area contributed by atoms with Gasteiger partial charge in [-0.2, -0.15) is 0 Å². The van der Waals surface area contributed by atoms with Gasteiger partial charge in [0.05, 0.1) is 25.5 Å². The lowest BCUT2D eigenvalue weighted by Gasteiger charge is -2.50. The summed E-state index contributed by atoms with van der Waals surface area (Å²) in [5.74, 6) is -1.29. The highest BCUT2D eigenvalue weighted by Gasteiger charge is 2.76. The number of nitrogens with zero attached hydrogens (tertiary/aromatic N) is 1. The molecule has 2 aliphatic heterocycles. The van der Waals surface area contributed by atoms with Crippen LogP contribution in [0.4, 0.5) is 0 Å². The Morgan fingerprint density at radius 1 is 1.37 bits per heavy atom. The predicted molar refractivity (Wildman–Crippen MR) is 107 cm³/mol. The van der Waals surface area contributed by atoms with Gasteiger partial charge in [0.1, 0.15) is 11.0 Å². The molecule has 30 heavy (non-hydrogen) atoms. The van der Waals surface area contributed by atoms with Crippen LogP contribution in [0.15, 0.2) is 24.3 Å². The smallest absolute Gasteiger partial charge is 0.316 e. The summed E-state index contributed by atoms with van der Waals surface area (Å²) in [5.41, 5.74) is -0.224. The summed E-state index contributed by atoms with van der Waals surface area (Å²) in [7, 11) is 3.11. The molecular formula is C22H26N2O6. The van der Waals surface area contributed by atoms with Crippen molar-refractivity contribution in [1.82, 2.24) is 9.88 Å². The fourth-order valence-electron chi connectivity index (χ4n) is 6.51. The third kappa shape index (κ3) is 2.09. The van der Waals surface area contributed by atoms with Gasteiger partial charge < -0.3 is 24.7 Å². The molecule has 0 radical (unpaired) electrons. The van der Waals surface area contributed by atoms with Crippen molar-refractivity contribution in [3.8, 4) is 0 Å². The Morgan fingerprint density at radius 3 is 2.80 bits per heavy atom. The van der Waals surface area contributed by atoms with Gasteiger partial charge in [-0.1, -0.05) is 18.2 Å². The highest BCUT2D eigenvalue weighted by Crippen LogP contribution is 2.60. The standard InChI is InChI=1S/C22H26N2O6/c1-11(25)22-16-9-15(26)18-13(12-6-4-5-7-14(12)23-18)8-17(24(22)2)21(16,19(27)29-3)10-30-20(22)28/h4-7,11,16-17,20,23,25,28H,8-10H2,1-3H3/t11-,16+,17-,20+,21-,22-/m0/s1. The number of hydrogen-bond acceptors (Lipinski definition) is 7. The minimum Gasteiger partial charge on any atom is -0.468 e. The number of para-hydroxylation sites is 1. The zero-order valence-corrected chi connectivity index (χ0v) is 17.2. The molecule has 1 aromatic heterocycles. The lowest BCUT2D eigenvalue weighted by Crippen LogP contribution is -2.67. The van der Waals surface area contributed by atoms with E-state index >= 15 is 0 Å². The van der Waals surface area contributed by atoms with Crippen LogP contribution in [0.3, 0.4) is 0 Å². The Morgan fingerprint density at radius 2 is 2.10 bits per heavy atom. The number of likely N-dealkylation sites (tertiary alicyclic amines) is 1. The van der Waals surface area contributed by atoms with E-state index in [1.807, 2.05) is 29.2 Å². The van der Waals surface area contributed by atoms with Crippen LogP contribution in [-0.2, 0) is 20.7 Å². The van der Waals surface area contributed by atoms with Crippen molar-refractivity contribution in [3.05, 3.63) is 35.5 Å². The summed E-state index contributed by atoms with van der Waals surface area (Å²) in [4.78, 5) is 31.8. The van der Waals surface area contributed by atoms with Crippen LogP contribution < -0.4 is 0 Å². The Labute approximate surface area is 173 Å². The van der Waals surface area contributed by atoms with Gasteiger partial charge in [0.2, 0.25) is 0 Å². The molecule has 2 saturated heterocycles. The number of likely N-dealkylation sites (N-methyl/N-ethyl adjacent to an activating group) is 1. The highest BCUT2D eigenvalue weighted by atomic mass is 16.6. The van der Waals surface area contributed by atoms with Crippen molar-refractivity contribution in [1.29, 1.82) is 0 Å². The van der Waals surface area contributed by atoms with Gasteiger partial charge in [-0.15, -0.1) is 0 Å². The van der Waals surface area contributed by atoms with E-state index in [0.717, 1.165) is 16.5 Å². The first-order valence-electron chi connectivity index (χ1n) is 10.2. The monoisotopic (exact) mass is 414 g/mol. The second kappa shape index (κ2) is 6.37. The van der Waals surface area contributed by atoms with Gasteiger partial charge in [0, 0.05) is 29.3 Å². The number of carbonyl (C=O) groups excluding carboxylic acids is 2. The number of aliphatic hydroxyl groups is 2. The molecule has 3 heterocycles. The molecule has 4 bridgehead atoms. The zero-order chi connectivity index (χ0) is 21.4. The van der Waals surface area contributed by atoms with Crippen LogP contribution in [0.1, 0.15) is 29.4 Å². The number of aromatic amines is 1. The maximum absolute atomic E-state index is 13.5. The van der Waals surface area contributed by atoms with E-state index in [0.29, 0.717) is 12.1 Å². The third-order valence-corrected chi connectivity index (χ3v) is 7.84. The average Bonchev–Trinajstić information content (AvgIpc) is 3.16. The van der Waals surface area contributed by atoms with Gasteiger partial charge in [-0.05, 0) is 32.0 Å². The summed E-state index contributed by atoms with van der Waals surface area (Å²) in [5, 5.41) is 22.7. The molecule has 0 amide bonds. The van der Waals surface area contributed by atoms with Crippen molar-refractivity contribution < 1.29 is 29.3 Å². The fourth-order valence-corrected chi connectivity index (χ4v) is 6.51. The van der Waals surface area contributed by atoms with E-state index in [2.05, 4.69) is 4.98 Å². The number of benzene rings is 1. The summed E-state index contributed by atoms with van der Waals surface area (Å²) in [6, 6.07) is 7.28. The summed E-state index contributed by atoms with van der Waals surface area (Å²) in [6.07, 6.45) is -2.01. The second-order valence-corrected chi connectivity index (χ2v) is 8.79. The van der Waals surface area contributed by atoms with E-state index in [9.17, 15) is 19.8 Å². The second-order valence-electron chi connectivity index (χ2n) is 8.79. The van der Waals surface area contributed by atoms with Crippen molar-refractivity contribution in [2.75, 3.05) is 20.8 Å². The Balaban J connectivity index is 1.79. The first-order valence-corrected chi connectivity index (χ1v) is 10.2. The summed E-state index contributed by atoms with van der Waals surface area (Å²) < 4.78 is 10.9. The molecule has 8 heteroatoms. The number of methoxy groups -OCH3 is 1. The predicted octanol–water partition coefficient (Wildman–Crippen LogP) is 0.855. The normalized spacial score (nSPS) is 36.8. The number of nitrogens with one attached hydrogen (secondary N) is 1. The van der Waals surface area contributed by atoms with E-state index < -0.39 is 41.3 Å². The molecule has 2 aromatic rings. The quantitative estimate of drug-likeness (QED) is 0.625. The van der Waals surface area contributed by atoms with E-state index in [-0.39, 0.29) is 18.8 Å². The molecule has 3 N–H and O–H groups in total. The zero-order valence-electron chi connectivity index (χ0n) is 17.2. The molecule has 1 aromatic carbocycles. The molecule has 8 nitrogen and oxygen atoms in total. The van der Waals surface area contributed by atoms with E-state index in [4.69, 9.17) is 9.47 Å². The first-order chi connectivity index (χ1) is 14.3. The Bertz CT molecular complexity index is 1050. The average molecular weight is 414 g/mol. The number of ketones is 1. The van der Waals surface area contributed by atoms with Crippen molar-refractivity contribution >= 4 is 22.7 Å². The number of Topliss-reactive ketones (excluding diaryl/α,β-unsaturated/α-hetero) is 1. The van der Waals surface area contributed by atoms with Crippen LogP contribution >= 0.6 is 0 Å². The van der Waals surface area contributed by atoms with Crippen LogP contribution in [-0.4, -0.2) is 76.6 Å². The van der Waals surface area contributed by atoms with Gasteiger partial charge in [0.25, 0.3) is 0 Å². The molecule has 2 fully saturated rings. The number of carbonyl (C=O) groups is 2. The number of aliphatic hydroxyl groups excluding tert-OH is 2. The van der Waals surface area contributed by atoms with Crippen molar-refractivity contribution in [3.63, 3.8) is 0 Å². The van der Waals surface area contributed by atoms with Crippen LogP contribution in [0, 0.1) is 11.3 Å². The lowest BCUT2D eigenvalue weighted by molar-refractivity contribution is -0.251. The molecule has 1 aliphatic carbocycles. The molecule has 0 saturated carbocycles. The Hall–Kier alpha value is -2.26. The molecule has 0 unspecified atom stereocenters. The fraction of sp³-hybridized carbons (Fsp3) is 0.545. The maximum atomic E-state index is 13.5. The van der Waals surface area contributed by atoms with Gasteiger partial charge in [0.15, 0.2) is 12.1 Å². The minimum absolute atomic E-state index is 0.0128. The van der Waals surface area contributed by atoms with Gasteiger partial charge in [-0.3, -0.25) is 14.5 Å². The molecule has 5 rings (SSSR count). The van der Waals surface area contributed by atoms with Gasteiger partial charge >= 0.3 is 5.97 Å². The largest absolute Gasteiger partial charge is 0.468 e. The van der Waals surface area contributed by atoms with Crippen molar-refractivity contribution in [2.24, 2.45) is 11.3 Å². The molecular weight excluding hydrogens is 388 g/mol. The van der Waals surface area contributed by atoms with Crippen molar-refractivity contribution in [2.45, 2.75) is 43.7 Å². The van der Waals surface area contributed by atoms with Gasteiger partial charge in [-0.25, -0.2) is 0 Å². The molecule has 3 aliphatic rings. The third-order valence-electron chi connectivity index (χ3n) is 7.84. The SMILES string of the molecule is COC(=O)[C@@]12CO[C@@H](O)[C@]3([C@H](C)O)[C@@H]1CC(=O)c1[nH]c4ccccc4c1C[C@@H]2N3C. The summed E-state index contributed by atoms with van der Waals surface area (Å²) >= 11 is 0. The number of esters is 1. The molecule has 160 valence electrons. The maximum Gasteiger partial charge on any atom is 0.316 e. The first kappa shape index (κ1) is 19.7. The number of ether oxygens (including phenoxy) is 2. The van der Waals surface area contributed by atoms with Crippen LogP contribution in [0.25, 0.3) is 10.9 Å².